The van der Waals surface area contributed by atoms with Crippen LogP contribution >= 0.6 is 27.7 Å². The van der Waals surface area contributed by atoms with Crippen LogP contribution < -0.4 is 5.32 Å². The summed E-state index contributed by atoms with van der Waals surface area (Å²) in [6.07, 6.45) is 6.56. The van der Waals surface area contributed by atoms with Crippen molar-refractivity contribution in [3.05, 3.63) is 28.2 Å². The number of amides is 1. The highest BCUT2D eigenvalue weighted by Gasteiger charge is 2.22. The van der Waals surface area contributed by atoms with Gasteiger partial charge in [0, 0.05) is 16.9 Å². The SMILES string of the molecule is CSC1CCC(NC(=O)c2ccc(Br)c(O)c2)CC1. The third-order valence-electron chi connectivity index (χ3n) is 3.55. The van der Waals surface area contributed by atoms with Crippen molar-refractivity contribution in [1.29, 1.82) is 0 Å². The summed E-state index contributed by atoms with van der Waals surface area (Å²) >= 11 is 5.12. The molecule has 1 aliphatic rings. The number of aromatic hydroxyl groups is 1. The lowest BCUT2D eigenvalue weighted by molar-refractivity contribution is 0.0927. The third kappa shape index (κ3) is 3.89. The lowest BCUT2D eigenvalue weighted by atomic mass is 9.94. The predicted octanol–water partition coefficient (Wildman–Crippen LogP) is 3.56. The molecule has 0 spiro atoms. The first-order valence-electron chi connectivity index (χ1n) is 6.42. The summed E-state index contributed by atoms with van der Waals surface area (Å²) in [6, 6.07) is 5.16. The fourth-order valence-corrected chi connectivity index (χ4v) is 3.36. The van der Waals surface area contributed by atoms with E-state index in [1.807, 2.05) is 11.8 Å². The Hall–Kier alpha value is -0.680. The molecular formula is C14H18BrNO2S. The van der Waals surface area contributed by atoms with Gasteiger partial charge >= 0.3 is 0 Å². The van der Waals surface area contributed by atoms with Gasteiger partial charge in [0.1, 0.15) is 5.75 Å². The number of carbonyl (C=O) groups is 1. The second-order valence-corrected chi connectivity index (χ2v) is 6.84. The highest BCUT2D eigenvalue weighted by atomic mass is 79.9. The fraction of sp³-hybridized carbons (Fsp3) is 0.500. The van der Waals surface area contributed by atoms with E-state index in [1.54, 1.807) is 12.1 Å². The minimum absolute atomic E-state index is 0.0961. The van der Waals surface area contributed by atoms with Crippen LogP contribution in [-0.4, -0.2) is 28.6 Å². The van der Waals surface area contributed by atoms with Crippen molar-refractivity contribution in [2.24, 2.45) is 0 Å². The molecule has 2 N–H and O–H groups in total. The van der Waals surface area contributed by atoms with Gasteiger partial charge in [-0.05, 0) is 66.1 Å². The summed E-state index contributed by atoms with van der Waals surface area (Å²) < 4.78 is 0.601. The van der Waals surface area contributed by atoms with Crippen LogP contribution in [-0.2, 0) is 0 Å². The van der Waals surface area contributed by atoms with Gasteiger partial charge in [-0.15, -0.1) is 0 Å². The number of hydrogen-bond acceptors (Lipinski definition) is 3. The third-order valence-corrected chi connectivity index (χ3v) is 5.36. The van der Waals surface area contributed by atoms with Crippen LogP contribution in [0.5, 0.6) is 5.75 Å². The molecule has 3 nitrogen and oxygen atoms in total. The second kappa shape index (κ2) is 6.66. The summed E-state index contributed by atoms with van der Waals surface area (Å²) in [6.45, 7) is 0. The normalized spacial score (nSPS) is 23.1. The first kappa shape index (κ1) is 14.7. The Morgan fingerprint density at radius 3 is 2.63 bits per heavy atom. The first-order chi connectivity index (χ1) is 9.10. The number of phenolic OH excluding ortho intramolecular Hbond substituents is 1. The lowest BCUT2D eigenvalue weighted by Crippen LogP contribution is -2.38. The summed E-state index contributed by atoms with van der Waals surface area (Å²) in [5.74, 6) is -0.00542. The van der Waals surface area contributed by atoms with Crippen LogP contribution in [0.2, 0.25) is 0 Å². The molecule has 1 aromatic rings. The summed E-state index contributed by atoms with van der Waals surface area (Å²) in [5.41, 5.74) is 0.507. The van der Waals surface area contributed by atoms with Gasteiger partial charge in [-0.2, -0.15) is 11.8 Å². The van der Waals surface area contributed by atoms with Gasteiger partial charge in [-0.1, -0.05) is 0 Å². The van der Waals surface area contributed by atoms with Gasteiger partial charge in [-0.25, -0.2) is 0 Å². The lowest BCUT2D eigenvalue weighted by Gasteiger charge is -2.28. The van der Waals surface area contributed by atoms with E-state index in [1.165, 1.54) is 6.07 Å². The maximum Gasteiger partial charge on any atom is 0.251 e. The predicted molar refractivity (Wildman–Crippen MR) is 82.8 cm³/mol. The zero-order valence-electron chi connectivity index (χ0n) is 10.9. The molecule has 0 heterocycles. The monoisotopic (exact) mass is 343 g/mol. The molecule has 1 amide bonds. The molecule has 1 aromatic carbocycles. The maximum atomic E-state index is 12.1. The van der Waals surface area contributed by atoms with Crippen LogP contribution in [0.3, 0.4) is 0 Å². The van der Waals surface area contributed by atoms with Crippen molar-refractivity contribution in [2.75, 3.05) is 6.26 Å². The minimum Gasteiger partial charge on any atom is -0.507 e. The number of benzene rings is 1. The molecule has 0 bridgehead atoms. The molecule has 1 fully saturated rings. The van der Waals surface area contributed by atoms with Gasteiger partial charge in [0.25, 0.3) is 5.91 Å². The number of halogens is 1. The van der Waals surface area contributed by atoms with Crippen LogP contribution in [0.15, 0.2) is 22.7 Å². The van der Waals surface area contributed by atoms with Crippen molar-refractivity contribution in [1.82, 2.24) is 5.32 Å². The average molecular weight is 344 g/mol. The van der Waals surface area contributed by atoms with Crippen molar-refractivity contribution in [2.45, 2.75) is 37.0 Å². The Morgan fingerprint density at radius 1 is 1.37 bits per heavy atom. The minimum atomic E-state index is -0.101. The second-order valence-electron chi connectivity index (χ2n) is 4.85. The van der Waals surface area contributed by atoms with Gasteiger partial charge < -0.3 is 10.4 Å². The number of carbonyl (C=O) groups excluding carboxylic acids is 1. The Morgan fingerprint density at radius 2 is 2.05 bits per heavy atom. The zero-order chi connectivity index (χ0) is 13.8. The van der Waals surface area contributed by atoms with E-state index in [-0.39, 0.29) is 17.7 Å². The summed E-state index contributed by atoms with van der Waals surface area (Å²) in [7, 11) is 0. The van der Waals surface area contributed by atoms with E-state index in [0.29, 0.717) is 10.0 Å². The summed E-state index contributed by atoms with van der Waals surface area (Å²) in [4.78, 5) is 12.1. The number of nitrogens with one attached hydrogen (secondary N) is 1. The molecule has 0 atom stereocenters. The highest BCUT2D eigenvalue weighted by molar-refractivity contribution is 9.10. The van der Waals surface area contributed by atoms with E-state index in [4.69, 9.17) is 0 Å². The number of hydrogen-bond donors (Lipinski definition) is 2. The molecule has 5 heteroatoms. The number of thioether (sulfide) groups is 1. The largest absolute Gasteiger partial charge is 0.507 e. The zero-order valence-corrected chi connectivity index (χ0v) is 13.3. The van der Waals surface area contributed by atoms with Gasteiger partial charge in [-0.3, -0.25) is 4.79 Å². The van der Waals surface area contributed by atoms with E-state index in [0.717, 1.165) is 30.9 Å². The molecule has 0 unspecified atom stereocenters. The molecule has 0 aromatic heterocycles. The Bertz CT molecular complexity index is 459. The van der Waals surface area contributed by atoms with Crippen LogP contribution in [0, 0.1) is 0 Å². The smallest absolute Gasteiger partial charge is 0.251 e. The van der Waals surface area contributed by atoms with E-state index >= 15 is 0 Å². The molecule has 2 rings (SSSR count). The fourth-order valence-electron chi connectivity index (χ4n) is 2.37. The van der Waals surface area contributed by atoms with Gasteiger partial charge in [0.05, 0.1) is 4.47 Å². The Balaban J connectivity index is 1.92. The van der Waals surface area contributed by atoms with E-state index in [9.17, 15) is 9.90 Å². The maximum absolute atomic E-state index is 12.1. The molecular weight excluding hydrogens is 326 g/mol. The number of rotatable bonds is 3. The Kier molecular flexibility index (Phi) is 5.16. The molecule has 0 radical (unpaired) electrons. The van der Waals surface area contributed by atoms with Crippen LogP contribution in [0.25, 0.3) is 0 Å². The van der Waals surface area contributed by atoms with Crippen molar-refractivity contribution in [3.63, 3.8) is 0 Å². The van der Waals surface area contributed by atoms with Crippen molar-refractivity contribution in [3.8, 4) is 5.75 Å². The standard InChI is InChI=1S/C14H18BrNO2S/c1-19-11-5-3-10(4-6-11)16-14(18)9-2-7-12(15)13(17)8-9/h2,7-8,10-11,17H,3-6H2,1H3,(H,16,18). The van der Waals surface area contributed by atoms with E-state index < -0.39 is 0 Å². The quantitative estimate of drug-likeness (QED) is 0.882. The molecule has 1 saturated carbocycles. The molecule has 0 saturated heterocycles. The van der Waals surface area contributed by atoms with Crippen LogP contribution in [0.4, 0.5) is 0 Å². The first-order valence-corrected chi connectivity index (χ1v) is 8.50. The average Bonchev–Trinajstić information content (AvgIpc) is 2.42. The van der Waals surface area contributed by atoms with Crippen LogP contribution in [0.1, 0.15) is 36.0 Å². The highest BCUT2D eigenvalue weighted by Crippen LogP contribution is 2.27. The summed E-state index contributed by atoms with van der Waals surface area (Å²) in [5, 5.41) is 13.4. The van der Waals surface area contributed by atoms with Gasteiger partial charge in [0.15, 0.2) is 0 Å². The van der Waals surface area contributed by atoms with Crippen molar-refractivity contribution >= 4 is 33.6 Å². The van der Waals surface area contributed by atoms with Gasteiger partial charge in [0.2, 0.25) is 0 Å². The molecule has 0 aliphatic heterocycles. The van der Waals surface area contributed by atoms with Crippen molar-refractivity contribution < 1.29 is 9.90 Å². The molecule has 19 heavy (non-hydrogen) atoms. The number of phenols is 1. The topological polar surface area (TPSA) is 49.3 Å². The molecule has 1 aliphatic carbocycles. The Labute approximate surface area is 126 Å². The molecule has 104 valence electrons. The van der Waals surface area contributed by atoms with E-state index in [2.05, 4.69) is 27.5 Å².